The molecule has 0 saturated carbocycles. The summed E-state index contributed by atoms with van der Waals surface area (Å²) in [6.45, 7) is 5.66. The lowest BCUT2D eigenvalue weighted by Crippen LogP contribution is -2.16. The standard InChI is InChI=1S/C14H22FNO/c1-11-5-6-14(15)13(8-11)9-16-7-3-4-12(2)10-17/h5-6,8,12,16-17H,3-4,7,9-10H2,1-2H3. The Morgan fingerprint density at radius 1 is 1.41 bits per heavy atom. The zero-order valence-electron chi connectivity index (χ0n) is 10.7. The van der Waals surface area contributed by atoms with Crippen LogP contribution in [0.15, 0.2) is 18.2 Å². The molecule has 0 radical (unpaired) electrons. The van der Waals surface area contributed by atoms with Crippen molar-refractivity contribution in [2.24, 2.45) is 5.92 Å². The fraction of sp³-hybridized carbons (Fsp3) is 0.571. The maximum atomic E-state index is 13.4. The lowest BCUT2D eigenvalue weighted by atomic mass is 10.1. The molecule has 2 N–H and O–H groups in total. The summed E-state index contributed by atoms with van der Waals surface area (Å²) in [5.41, 5.74) is 1.80. The summed E-state index contributed by atoms with van der Waals surface area (Å²) in [7, 11) is 0. The second-order valence-corrected chi connectivity index (χ2v) is 4.70. The quantitative estimate of drug-likeness (QED) is 0.717. The van der Waals surface area contributed by atoms with Crippen LogP contribution in [0.5, 0.6) is 0 Å². The number of nitrogens with one attached hydrogen (secondary N) is 1. The molecule has 0 saturated heterocycles. The summed E-state index contributed by atoms with van der Waals surface area (Å²) in [4.78, 5) is 0. The van der Waals surface area contributed by atoms with Gasteiger partial charge in [0, 0.05) is 18.7 Å². The van der Waals surface area contributed by atoms with E-state index in [0.29, 0.717) is 12.5 Å². The van der Waals surface area contributed by atoms with Gasteiger partial charge in [-0.05, 0) is 38.3 Å². The van der Waals surface area contributed by atoms with Crippen LogP contribution in [0.1, 0.15) is 30.9 Å². The molecule has 96 valence electrons. The molecule has 17 heavy (non-hydrogen) atoms. The lowest BCUT2D eigenvalue weighted by Gasteiger charge is -2.09. The average Bonchev–Trinajstić information content (AvgIpc) is 2.32. The summed E-state index contributed by atoms with van der Waals surface area (Å²) in [5.74, 6) is 0.208. The van der Waals surface area contributed by atoms with Crippen LogP contribution in [0.3, 0.4) is 0 Å². The molecule has 3 heteroatoms. The second-order valence-electron chi connectivity index (χ2n) is 4.70. The first kappa shape index (κ1) is 14.1. The topological polar surface area (TPSA) is 32.3 Å². The molecule has 0 aliphatic rings. The van der Waals surface area contributed by atoms with Crippen molar-refractivity contribution in [1.29, 1.82) is 0 Å². The van der Waals surface area contributed by atoms with Gasteiger partial charge in [-0.25, -0.2) is 4.39 Å². The smallest absolute Gasteiger partial charge is 0.127 e. The first-order valence-electron chi connectivity index (χ1n) is 6.20. The highest BCUT2D eigenvalue weighted by Gasteiger charge is 2.02. The third-order valence-corrected chi connectivity index (χ3v) is 2.88. The van der Waals surface area contributed by atoms with E-state index in [0.717, 1.165) is 30.5 Å². The number of halogens is 1. The van der Waals surface area contributed by atoms with E-state index in [1.807, 2.05) is 19.9 Å². The maximum absolute atomic E-state index is 13.4. The van der Waals surface area contributed by atoms with Crippen LogP contribution in [0.25, 0.3) is 0 Å². The van der Waals surface area contributed by atoms with E-state index in [1.54, 1.807) is 6.07 Å². The van der Waals surface area contributed by atoms with Crippen LogP contribution in [0.2, 0.25) is 0 Å². The molecule has 1 unspecified atom stereocenters. The van der Waals surface area contributed by atoms with Gasteiger partial charge in [-0.2, -0.15) is 0 Å². The molecular weight excluding hydrogens is 217 g/mol. The first-order chi connectivity index (χ1) is 8.13. The van der Waals surface area contributed by atoms with E-state index in [9.17, 15) is 4.39 Å². The number of aliphatic hydroxyl groups excluding tert-OH is 1. The summed E-state index contributed by atoms with van der Waals surface area (Å²) in [5, 5.41) is 12.1. The molecule has 1 atom stereocenters. The molecule has 0 fully saturated rings. The first-order valence-corrected chi connectivity index (χ1v) is 6.20. The van der Waals surface area contributed by atoms with Crippen molar-refractivity contribution in [3.05, 3.63) is 35.1 Å². The molecule has 0 aliphatic carbocycles. The van der Waals surface area contributed by atoms with Gasteiger partial charge in [0.15, 0.2) is 0 Å². The fourth-order valence-corrected chi connectivity index (χ4v) is 1.73. The Hall–Kier alpha value is -0.930. The fourth-order valence-electron chi connectivity index (χ4n) is 1.73. The largest absolute Gasteiger partial charge is 0.396 e. The number of hydrogen-bond acceptors (Lipinski definition) is 2. The highest BCUT2D eigenvalue weighted by molar-refractivity contribution is 5.23. The van der Waals surface area contributed by atoms with E-state index in [4.69, 9.17) is 5.11 Å². The molecule has 1 aromatic rings. The van der Waals surface area contributed by atoms with Crippen molar-refractivity contribution in [2.45, 2.75) is 33.2 Å². The highest BCUT2D eigenvalue weighted by atomic mass is 19.1. The number of hydrogen-bond donors (Lipinski definition) is 2. The van der Waals surface area contributed by atoms with Crippen molar-refractivity contribution in [1.82, 2.24) is 5.32 Å². The average molecular weight is 239 g/mol. The molecule has 1 rings (SSSR count). The number of benzene rings is 1. The van der Waals surface area contributed by atoms with Crippen LogP contribution in [-0.4, -0.2) is 18.3 Å². The van der Waals surface area contributed by atoms with E-state index in [1.165, 1.54) is 6.07 Å². The second kappa shape index (κ2) is 7.41. The highest BCUT2D eigenvalue weighted by Crippen LogP contribution is 2.09. The monoisotopic (exact) mass is 239 g/mol. The minimum absolute atomic E-state index is 0.146. The van der Waals surface area contributed by atoms with Crippen molar-refractivity contribution in [3.63, 3.8) is 0 Å². The van der Waals surface area contributed by atoms with Crippen molar-refractivity contribution >= 4 is 0 Å². The molecule has 0 bridgehead atoms. The van der Waals surface area contributed by atoms with E-state index >= 15 is 0 Å². The molecule has 0 aromatic heterocycles. The molecule has 0 aliphatic heterocycles. The summed E-state index contributed by atoms with van der Waals surface area (Å²) < 4.78 is 13.4. The van der Waals surface area contributed by atoms with Crippen molar-refractivity contribution in [3.8, 4) is 0 Å². The predicted octanol–water partition coefficient (Wildman–Crippen LogP) is 2.63. The Labute approximate surface area is 103 Å². The van der Waals surface area contributed by atoms with E-state index < -0.39 is 0 Å². The van der Waals surface area contributed by atoms with E-state index in [2.05, 4.69) is 5.32 Å². The molecule has 0 amide bonds. The van der Waals surface area contributed by atoms with Gasteiger partial charge in [0.05, 0.1) is 0 Å². The van der Waals surface area contributed by atoms with Gasteiger partial charge < -0.3 is 10.4 Å². The number of aliphatic hydroxyl groups is 1. The Kier molecular flexibility index (Phi) is 6.16. The summed E-state index contributed by atoms with van der Waals surface area (Å²) >= 11 is 0. The van der Waals surface area contributed by atoms with Crippen LogP contribution in [0, 0.1) is 18.7 Å². The van der Waals surface area contributed by atoms with Gasteiger partial charge in [-0.3, -0.25) is 0 Å². The van der Waals surface area contributed by atoms with Crippen LogP contribution in [0.4, 0.5) is 4.39 Å². The minimum Gasteiger partial charge on any atom is -0.396 e. The Morgan fingerprint density at radius 2 is 2.18 bits per heavy atom. The Morgan fingerprint density at radius 3 is 2.88 bits per heavy atom. The van der Waals surface area contributed by atoms with Crippen LogP contribution >= 0.6 is 0 Å². The SMILES string of the molecule is Cc1ccc(F)c(CNCCCC(C)CO)c1. The van der Waals surface area contributed by atoms with Gasteiger partial charge in [-0.1, -0.05) is 24.6 Å². The minimum atomic E-state index is -0.146. The number of rotatable bonds is 7. The van der Waals surface area contributed by atoms with Gasteiger partial charge in [0.2, 0.25) is 0 Å². The molecular formula is C14H22FNO. The van der Waals surface area contributed by atoms with E-state index in [-0.39, 0.29) is 12.4 Å². The maximum Gasteiger partial charge on any atom is 0.127 e. The van der Waals surface area contributed by atoms with Gasteiger partial charge in [-0.15, -0.1) is 0 Å². The lowest BCUT2D eigenvalue weighted by molar-refractivity contribution is 0.228. The Bertz CT molecular complexity index is 341. The molecule has 2 nitrogen and oxygen atoms in total. The molecule has 0 heterocycles. The summed E-state index contributed by atoms with van der Waals surface area (Å²) in [6.07, 6.45) is 2.01. The van der Waals surface area contributed by atoms with Crippen LogP contribution in [-0.2, 0) is 6.54 Å². The molecule has 0 spiro atoms. The Balaban J connectivity index is 2.24. The third-order valence-electron chi connectivity index (χ3n) is 2.88. The zero-order valence-corrected chi connectivity index (χ0v) is 10.7. The summed E-state index contributed by atoms with van der Waals surface area (Å²) in [6, 6.07) is 5.17. The van der Waals surface area contributed by atoms with Crippen molar-refractivity contribution < 1.29 is 9.50 Å². The number of aryl methyl sites for hydroxylation is 1. The van der Waals surface area contributed by atoms with Gasteiger partial charge >= 0.3 is 0 Å². The third kappa shape index (κ3) is 5.29. The van der Waals surface area contributed by atoms with Gasteiger partial charge in [0.1, 0.15) is 5.82 Å². The van der Waals surface area contributed by atoms with Crippen molar-refractivity contribution in [2.75, 3.05) is 13.2 Å². The van der Waals surface area contributed by atoms with Gasteiger partial charge in [0.25, 0.3) is 0 Å². The van der Waals surface area contributed by atoms with Crippen LogP contribution < -0.4 is 5.32 Å². The normalized spacial score (nSPS) is 12.7. The zero-order chi connectivity index (χ0) is 12.7. The molecule has 1 aromatic carbocycles. The predicted molar refractivity (Wildman–Crippen MR) is 68.3 cm³/mol.